The number of ether oxygens (including phenoxy) is 2. The summed E-state index contributed by atoms with van der Waals surface area (Å²) in [7, 11) is 4.94. The molecule has 5 nitrogen and oxygen atoms in total. The van der Waals surface area contributed by atoms with Gasteiger partial charge in [0, 0.05) is 12.6 Å². The number of aliphatic imine (C=N–C) groups is 1. The maximum atomic E-state index is 12.7. The summed E-state index contributed by atoms with van der Waals surface area (Å²) in [6, 6.07) is 13.4. The first-order valence-corrected chi connectivity index (χ1v) is 9.56. The van der Waals surface area contributed by atoms with Crippen molar-refractivity contribution >= 4 is 34.6 Å². The van der Waals surface area contributed by atoms with Crippen LogP contribution in [0, 0.1) is 0 Å². The monoisotopic (exact) mass is 394 g/mol. The van der Waals surface area contributed by atoms with Crippen molar-refractivity contribution in [1.29, 1.82) is 0 Å². The third kappa shape index (κ3) is 4.12. The van der Waals surface area contributed by atoms with Gasteiger partial charge in [-0.25, -0.2) is 4.99 Å². The Labute approximate surface area is 169 Å². The Kier molecular flexibility index (Phi) is 6.21. The molecule has 3 rings (SSSR count). The lowest BCUT2D eigenvalue weighted by Gasteiger charge is -2.13. The van der Waals surface area contributed by atoms with Crippen LogP contribution in [0.4, 0.5) is 5.69 Å². The number of carbonyl (C=O) groups is 1. The molecule has 0 aromatic heterocycles. The van der Waals surface area contributed by atoms with Gasteiger partial charge in [-0.15, -0.1) is 6.58 Å². The van der Waals surface area contributed by atoms with Gasteiger partial charge in [0.05, 0.1) is 24.8 Å². The number of likely N-dealkylation sites (N-methyl/N-ethyl adjacent to an activating group) is 1. The van der Waals surface area contributed by atoms with Crippen LogP contribution in [0.5, 0.6) is 11.5 Å². The molecule has 0 atom stereocenters. The molecule has 0 N–H and O–H groups in total. The fourth-order valence-corrected chi connectivity index (χ4v) is 3.86. The first-order chi connectivity index (χ1) is 13.6. The molecule has 2 aromatic rings. The number of nitrogens with zero attached hydrogens (tertiary/aromatic N) is 2. The van der Waals surface area contributed by atoms with Crippen LogP contribution in [0.3, 0.4) is 0 Å². The van der Waals surface area contributed by atoms with Gasteiger partial charge in [-0.3, -0.25) is 9.69 Å². The Morgan fingerprint density at radius 1 is 1.18 bits per heavy atom. The number of methoxy groups -OCH3 is 2. The van der Waals surface area contributed by atoms with Crippen molar-refractivity contribution in [3.63, 3.8) is 0 Å². The molecule has 6 heteroatoms. The average Bonchev–Trinajstić information content (AvgIpc) is 2.96. The van der Waals surface area contributed by atoms with Crippen molar-refractivity contribution in [1.82, 2.24) is 4.90 Å². The van der Waals surface area contributed by atoms with Gasteiger partial charge in [0.15, 0.2) is 16.7 Å². The number of amides is 1. The van der Waals surface area contributed by atoms with E-state index in [0.29, 0.717) is 28.0 Å². The Hall–Kier alpha value is -2.99. The second-order valence-corrected chi connectivity index (χ2v) is 7.12. The minimum Gasteiger partial charge on any atom is -0.493 e. The number of carbonyl (C=O) groups excluding carboxylic acids is 1. The van der Waals surface area contributed by atoms with Gasteiger partial charge in [0.25, 0.3) is 5.91 Å². The molecule has 1 amide bonds. The van der Waals surface area contributed by atoms with E-state index in [0.717, 1.165) is 16.8 Å². The van der Waals surface area contributed by atoms with Crippen molar-refractivity contribution in [2.45, 2.75) is 6.42 Å². The van der Waals surface area contributed by atoms with Crippen molar-refractivity contribution < 1.29 is 14.3 Å². The predicted molar refractivity (Wildman–Crippen MR) is 115 cm³/mol. The van der Waals surface area contributed by atoms with Gasteiger partial charge in [-0.2, -0.15) is 0 Å². The molecule has 1 aliphatic rings. The quantitative estimate of drug-likeness (QED) is 0.528. The SMILES string of the molecule is C=CCc1cc(/C=C2/SC(=Nc3ccccc3)N(C)C2=O)cc(OC)c1OC. The molecule has 1 saturated heterocycles. The van der Waals surface area contributed by atoms with E-state index in [-0.39, 0.29) is 5.91 Å². The Balaban J connectivity index is 1.97. The van der Waals surface area contributed by atoms with E-state index in [1.807, 2.05) is 54.6 Å². The van der Waals surface area contributed by atoms with E-state index < -0.39 is 0 Å². The van der Waals surface area contributed by atoms with Gasteiger partial charge < -0.3 is 9.47 Å². The fourth-order valence-electron chi connectivity index (χ4n) is 2.87. The van der Waals surface area contributed by atoms with Gasteiger partial charge in [0.1, 0.15) is 0 Å². The summed E-state index contributed by atoms with van der Waals surface area (Å²) < 4.78 is 10.9. The highest BCUT2D eigenvalue weighted by atomic mass is 32.2. The van der Waals surface area contributed by atoms with E-state index in [2.05, 4.69) is 11.6 Å². The molecule has 0 aliphatic carbocycles. The molecule has 2 aromatic carbocycles. The average molecular weight is 394 g/mol. The van der Waals surface area contributed by atoms with Crippen LogP contribution >= 0.6 is 11.8 Å². The number of hydrogen-bond acceptors (Lipinski definition) is 5. The minimum absolute atomic E-state index is 0.0836. The molecule has 0 unspecified atom stereocenters. The normalized spacial score (nSPS) is 16.7. The van der Waals surface area contributed by atoms with Crippen LogP contribution in [-0.4, -0.2) is 37.2 Å². The molecule has 144 valence electrons. The van der Waals surface area contributed by atoms with E-state index >= 15 is 0 Å². The van der Waals surface area contributed by atoms with Gasteiger partial charge >= 0.3 is 0 Å². The van der Waals surface area contributed by atoms with Crippen LogP contribution in [-0.2, 0) is 11.2 Å². The third-order valence-electron chi connectivity index (χ3n) is 4.22. The molecule has 1 aliphatic heterocycles. The molecule has 1 heterocycles. The molecule has 0 saturated carbocycles. The number of amidine groups is 1. The third-order valence-corrected chi connectivity index (χ3v) is 5.28. The lowest BCUT2D eigenvalue weighted by molar-refractivity contribution is -0.121. The van der Waals surface area contributed by atoms with Crippen LogP contribution in [0.25, 0.3) is 6.08 Å². The van der Waals surface area contributed by atoms with Gasteiger partial charge in [-0.1, -0.05) is 24.3 Å². The molecule has 1 fully saturated rings. The number of allylic oxidation sites excluding steroid dienone is 1. The second-order valence-electron chi connectivity index (χ2n) is 6.11. The number of benzene rings is 2. The summed E-state index contributed by atoms with van der Waals surface area (Å²) in [4.78, 5) is 19.4. The Bertz CT molecular complexity index is 952. The van der Waals surface area contributed by atoms with Crippen molar-refractivity contribution in [3.8, 4) is 11.5 Å². The molecule has 28 heavy (non-hydrogen) atoms. The summed E-state index contributed by atoms with van der Waals surface area (Å²) in [6.45, 7) is 3.80. The largest absolute Gasteiger partial charge is 0.493 e. The van der Waals surface area contributed by atoms with Crippen LogP contribution in [0.2, 0.25) is 0 Å². The van der Waals surface area contributed by atoms with E-state index in [9.17, 15) is 4.79 Å². The molecule has 0 bridgehead atoms. The maximum absolute atomic E-state index is 12.7. The lowest BCUT2D eigenvalue weighted by atomic mass is 10.0. The minimum atomic E-state index is -0.0836. The van der Waals surface area contributed by atoms with Crippen LogP contribution in [0.15, 0.2) is 65.0 Å². The topological polar surface area (TPSA) is 51.1 Å². The molecular weight excluding hydrogens is 372 g/mol. The molecular formula is C22H22N2O3S. The zero-order chi connectivity index (χ0) is 20.1. The summed E-state index contributed by atoms with van der Waals surface area (Å²) in [6.07, 6.45) is 4.30. The summed E-state index contributed by atoms with van der Waals surface area (Å²) >= 11 is 1.35. The first kappa shape index (κ1) is 19.8. The Morgan fingerprint density at radius 3 is 2.57 bits per heavy atom. The highest BCUT2D eigenvalue weighted by molar-refractivity contribution is 8.18. The maximum Gasteiger partial charge on any atom is 0.266 e. The van der Waals surface area contributed by atoms with E-state index in [4.69, 9.17) is 9.47 Å². The van der Waals surface area contributed by atoms with Crippen molar-refractivity contribution in [2.24, 2.45) is 4.99 Å². The fraction of sp³-hybridized carbons (Fsp3) is 0.182. The number of para-hydroxylation sites is 1. The van der Waals surface area contributed by atoms with Gasteiger partial charge in [-0.05, 0) is 54.1 Å². The second kappa shape index (κ2) is 8.80. The number of thioether (sulfide) groups is 1. The van der Waals surface area contributed by atoms with E-state index in [1.165, 1.54) is 11.8 Å². The number of hydrogen-bond donors (Lipinski definition) is 0. The highest BCUT2D eigenvalue weighted by Crippen LogP contribution is 2.37. The smallest absolute Gasteiger partial charge is 0.266 e. The molecule has 0 radical (unpaired) electrons. The lowest BCUT2D eigenvalue weighted by Crippen LogP contribution is -2.23. The Morgan fingerprint density at radius 2 is 1.93 bits per heavy atom. The first-order valence-electron chi connectivity index (χ1n) is 8.74. The highest BCUT2D eigenvalue weighted by Gasteiger charge is 2.30. The van der Waals surface area contributed by atoms with E-state index in [1.54, 1.807) is 26.2 Å². The zero-order valence-electron chi connectivity index (χ0n) is 16.1. The van der Waals surface area contributed by atoms with Crippen molar-refractivity contribution in [2.75, 3.05) is 21.3 Å². The van der Waals surface area contributed by atoms with Crippen molar-refractivity contribution in [3.05, 3.63) is 71.2 Å². The van der Waals surface area contributed by atoms with Gasteiger partial charge in [0.2, 0.25) is 0 Å². The summed E-state index contributed by atoms with van der Waals surface area (Å²) in [5, 5.41) is 0.647. The zero-order valence-corrected chi connectivity index (χ0v) is 17.0. The standard InChI is InChI=1S/C22H22N2O3S/c1-5-9-16-12-15(13-18(26-3)20(16)27-4)14-19-21(25)24(2)22(28-19)23-17-10-7-6-8-11-17/h5-8,10-14H,1,9H2,2-4H3/b19-14+,23-22?. The predicted octanol–water partition coefficient (Wildman–Crippen LogP) is 4.67. The van der Waals surface area contributed by atoms with Crippen LogP contribution < -0.4 is 9.47 Å². The summed E-state index contributed by atoms with van der Waals surface area (Å²) in [5.74, 6) is 1.22. The molecule has 0 spiro atoms. The summed E-state index contributed by atoms with van der Waals surface area (Å²) in [5.41, 5.74) is 2.62. The van der Waals surface area contributed by atoms with Crippen LogP contribution in [0.1, 0.15) is 11.1 Å². The number of rotatable bonds is 6.